The number of amides is 1. The molecule has 0 aliphatic carbocycles. The zero-order chi connectivity index (χ0) is 13.0. The van der Waals surface area contributed by atoms with Gasteiger partial charge in [0.05, 0.1) is 0 Å². The molecule has 1 saturated heterocycles. The van der Waals surface area contributed by atoms with Gasteiger partial charge in [-0.2, -0.15) is 0 Å². The molecule has 1 aromatic carbocycles. The second-order valence-corrected chi connectivity index (χ2v) is 4.93. The van der Waals surface area contributed by atoms with Crippen molar-refractivity contribution in [2.45, 2.75) is 6.92 Å². The molecule has 1 amide bonds. The van der Waals surface area contributed by atoms with E-state index in [0.29, 0.717) is 23.5 Å². The van der Waals surface area contributed by atoms with E-state index in [9.17, 15) is 4.79 Å². The molecule has 95 valence electrons. The number of amidine groups is 1. The number of hydrogen-bond acceptors (Lipinski definition) is 2. The number of benzene rings is 1. The first-order chi connectivity index (χ1) is 8.66. The van der Waals surface area contributed by atoms with Crippen molar-refractivity contribution in [1.29, 1.82) is 0 Å². The number of aryl methyl sites for hydroxylation is 1. The fourth-order valence-corrected chi connectivity index (χ4v) is 2.23. The normalized spacial score (nSPS) is 16.7. The summed E-state index contributed by atoms with van der Waals surface area (Å²) >= 11 is 2.86. The molecule has 0 atom stereocenters. The van der Waals surface area contributed by atoms with Crippen LogP contribution >= 0.6 is 0 Å². The van der Waals surface area contributed by atoms with Crippen molar-refractivity contribution >= 4 is 26.7 Å². The standard InChI is InChI=1S/C13H15N2O2Se/c1-10-2-4-11(5-3-10)12(16)14-13(18)15-6-8-17-9-7-15/h2-5H,6-9H2,1H3. The number of ether oxygens (including phenoxy) is 1. The summed E-state index contributed by atoms with van der Waals surface area (Å²) in [5.74, 6) is -0.213. The third kappa shape index (κ3) is 3.42. The molecule has 1 radical (unpaired) electrons. The van der Waals surface area contributed by atoms with Crippen LogP contribution in [0.1, 0.15) is 15.9 Å². The summed E-state index contributed by atoms with van der Waals surface area (Å²) in [6.45, 7) is 4.89. The van der Waals surface area contributed by atoms with E-state index in [2.05, 4.69) is 21.0 Å². The SMILES string of the molecule is Cc1ccc(C(=O)N=C([Se])N2CCOCC2)cc1. The van der Waals surface area contributed by atoms with Gasteiger partial charge in [0.25, 0.3) is 0 Å². The van der Waals surface area contributed by atoms with Gasteiger partial charge in [-0.15, -0.1) is 0 Å². The van der Waals surface area contributed by atoms with Crippen LogP contribution in [0.5, 0.6) is 0 Å². The molecular weight excluding hydrogens is 295 g/mol. The van der Waals surface area contributed by atoms with Crippen LogP contribution in [0.3, 0.4) is 0 Å². The van der Waals surface area contributed by atoms with Crippen LogP contribution in [0, 0.1) is 6.92 Å². The molecule has 0 saturated carbocycles. The second-order valence-electron chi connectivity index (χ2n) is 4.16. The summed E-state index contributed by atoms with van der Waals surface area (Å²) in [5.41, 5.74) is 1.74. The molecule has 0 aromatic heterocycles. The van der Waals surface area contributed by atoms with Gasteiger partial charge in [-0.05, 0) is 0 Å². The predicted octanol–water partition coefficient (Wildman–Crippen LogP) is 0.992. The molecule has 0 bridgehead atoms. The van der Waals surface area contributed by atoms with Gasteiger partial charge >= 0.3 is 115 Å². The summed E-state index contributed by atoms with van der Waals surface area (Å²) in [5, 5.41) is 0. The Morgan fingerprint density at radius 3 is 2.50 bits per heavy atom. The van der Waals surface area contributed by atoms with Crippen molar-refractivity contribution in [3.63, 3.8) is 0 Å². The number of rotatable bonds is 1. The number of nitrogens with zero attached hydrogens (tertiary/aromatic N) is 2. The molecule has 5 heteroatoms. The maximum atomic E-state index is 11.9. The topological polar surface area (TPSA) is 41.9 Å². The van der Waals surface area contributed by atoms with Crippen molar-refractivity contribution in [3.05, 3.63) is 35.4 Å². The first kappa shape index (κ1) is 13.3. The van der Waals surface area contributed by atoms with E-state index in [-0.39, 0.29) is 5.91 Å². The quantitative estimate of drug-likeness (QED) is 0.441. The van der Waals surface area contributed by atoms with Crippen LogP contribution < -0.4 is 0 Å². The van der Waals surface area contributed by atoms with Crippen molar-refractivity contribution in [3.8, 4) is 0 Å². The van der Waals surface area contributed by atoms with Crippen LogP contribution in [-0.2, 0) is 4.74 Å². The van der Waals surface area contributed by atoms with Gasteiger partial charge < -0.3 is 0 Å². The average molecular weight is 310 g/mol. The Morgan fingerprint density at radius 2 is 1.89 bits per heavy atom. The first-order valence-electron chi connectivity index (χ1n) is 5.86. The third-order valence-electron chi connectivity index (χ3n) is 2.78. The molecule has 1 aliphatic rings. The van der Waals surface area contributed by atoms with Crippen LogP contribution in [0.15, 0.2) is 29.3 Å². The Kier molecular flexibility index (Phi) is 4.53. The molecule has 1 fully saturated rings. The summed E-state index contributed by atoms with van der Waals surface area (Å²) in [6, 6.07) is 7.43. The Balaban J connectivity index is 2.06. The van der Waals surface area contributed by atoms with E-state index in [1.807, 2.05) is 24.0 Å². The molecule has 1 aliphatic heterocycles. The second kappa shape index (κ2) is 6.14. The Hall–Kier alpha value is -1.16. The number of carbonyl (C=O) groups excluding carboxylic acids is 1. The minimum atomic E-state index is -0.213. The number of hydrogen-bond donors (Lipinski definition) is 0. The predicted molar refractivity (Wildman–Crippen MR) is 71.1 cm³/mol. The summed E-state index contributed by atoms with van der Waals surface area (Å²) in [7, 11) is 0. The number of morpholine rings is 1. The third-order valence-corrected chi connectivity index (χ3v) is 3.51. The molecule has 0 spiro atoms. The maximum absolute atomic E-state index is 11.9. The van der Waals surface area contributed by atoms with Gasteiger partial charge in [0, 0.05) is 0 Å². The van der Waals surface area contributed by atoms with Gasteiger partial charge in [-0.25, -0.2) is 0 Å². The average Bonchev–Trinajstić information content (AvgIpc) is 2.40. The van der Waals surface area contributed by atoms with Gasteiger partial charge in [-0.3, -0.25) is 0 Å². The van der Waals surface area contributed by atoms with E-state index in [1.165, 1.54) is 0 Å². The van der Waals surface area contributed by atoms with E-state index in [4.69, 9.17) is 4.74 Å². The molecule has 1 heterocycles. The van der Waals surface area contributed by atoms with E-state index >= 15 is 0 Å². The molecule has 1 aromatic rings. The Morgan fingerprint density at radius 1 is 1.28 bits per heavy atom. The summed E-state index contributed by atoms with van der Waals surface area (Å²) in [4.78, 5) is 18.1. The van der Waals surface area contributed by atoms with Crippen molar-refractivity contribution in [1.82, 2.24) is 4.90 Å². The van der Waals surface area contributed by atoms with E-state index < -0.39 is 0 Å². The van der Waals surface area contributed by atoms with Gasteiger partial charge in [0.15, 0.2) is 0 Å². The molecule has 18 heavy (non-hydrogen) atoms. The van der Waals surface area contributed by atoms with Gasteiger partial charge in [-0.1, -0.05) is 0 Å². The molecule has 0 N–H and O–H groups in total. The van der Waals surface area contributed by atoms with Crippen molar-refractivity contribution in [2.75, 3.05) is 26.3 Å². The zero-order valence-corrected chi connectivity index (χ0v) is 12.0. The fourth-order valence-electron chi connectivity index (χ4n) is 1.67. The van der Waals surface area contributed by atoms with Crippen LogP contribution in [0.25, 0.3) is 0 Å². The van der Waals surface area contributed by atoms with Gasteiger partial charge in [0.1, 0.15) is 0 Å². The van der Waals surface area contributed by atoms with Crippen LogP contribution in [0.2, 0.25) is 0 Å². The molecule has 2 rings (SSSR count). The monoisotopic (exact) mass is 311 g/mol. The van der Waals surface area contributed by atoms with Crippen molar-refractivity contribution in [2.24, 2.45) is 4.99 Å². The van der Waals surface area contributed by atoms with Crippen LogP contribution in [0.4, 0.5) is 0 Å². The first-order valence-corrected chi connectivity index (χ1v) is 6.72. The minimum absolute atomic E-state index is 0.213. The van der Waals surface area contributed by atoms with Crippen LogP contribution in [-0.4, -0.2) is 57.9 Å². The Bertz CT molecular complexity index is 451. The van der Waals surface area contributed by atoms with E-state index in [0.717, 1.165) is 18.7 Å². The fraction of sp³-hybridized carbons (Fsp3) is 0.385. The number of aliphatic imine (C=N–C) groups is 1. The number of carbonyl (C=O) groups is 1. The molecular formula is C13H15N2O2Se. The summed E-state index contributed by atoms with van der Waals surface area (Å²) < 4.78 is 5.90. The molecule has 0 unspecified atom stereocenters. The van der Waals surface area contributed by atoms with Gasteiger partial charge in [0.2, 0.25) is 0 Å². The zero-order valence-electron chi connectivity index (χ0n) is 10.3. The van der Waals surface area contributed by atoms with E-state index in [1.54, 1.807) is 12.1 Å². The summed E-state index contributed by atoms with van der Waals surface area (Å²) in [6.07, 6.45) is 0. The molecule has 4 nitrogen and oxygen atoms in total. The van der Waals surface area contributed by atoms with Crippen molar-refractivity contribution < 1.29 is 9.53 Å². The Labute approximate surface area is 115 Å².